The molecule has 0 bridgehead atoms. The van der Waals surface area contributed by atoms with Crippen LogP contribution in [0.4, 0.5) is 4.39 Å². The van der Waals surface area contributed by atoms with Gasteiger partial charge in [-0.05, 0) is 31.0 Å². The van der Waals surface area contributed by atoms with E-state index >= 15 is 0 Å². The standard InChI is InChI=1S/C22H30FN3O2/c23-22-6-2-1-4-18(22)14-25-9-3-5-20(25)15-26(19-7-8-19)17-21(27)16-24-10-12-28-13-11-24/h1-6,9,19,21,27H,7-8,10-17H2/t21-/m1/s1. The van der Waals surface area contributed by atoms with Crippen LogP contribution in [0.5, 0.6) is 0 Å². The topological polar surface area (TPSA) is 40.9 Å². The average molecular weight is 387 g/mol. The van der Waals surface area contributed by atoms with Gasteiger partial charge in [-0.3, -0.25) is 9.80 Å². The second-order valence-corrected chi connectivity index (χ2v) is 7.95. The third-order valence-electron chi connectivity index (χ3n) is 5.67. The average Bonchev–Trinajstić information content (AvgIpc) is 3.46. The minimum Gasteiger partial charge on any atom is -0.390 e. The summed E-state index contributed by atoms with van der Waals surface area (Å²) in [6.07, 6.45) is 4.03. The summed E-state index contributed by atoms with van der Waals surface area (Å²) in [5.74, 6) is -0.165. The van der Waals surface area contributed by atoms with Crippen molar-refractivity contribution < 1.29 is 14.2 Å². The van der Waals surface area contributed by atoms with Crippen LogP contribution in [-0.4, -0.2) is 71.0 Å². The lowest BCUT2D eigenvalue weighted by molar-refractivity contribution is 0.00534. The van der Waals surface area contributed by atoms with Gasteiger partial charge in [0.25, 0.3) is 0 Å². The first-order valence-corrected chi connectivity index (χ1v) is 10.3. The first-order valence-electron chi connectivity index (χ1n) is 10.3. The number of aliphatic hydroxyl groups is 1. The molecular weight excluding hydrogens is 357 g/mol. The van der Waals surface area contributed by atoms with Gasteiger partial charge < -0.3 is 14.4 Å². The van der Waals surface area contributed by atoms with E-state index in [9.17, 15) is 9.50 Å². The maximum Gasteiger partial charge on any atom is 0.128 e. The molecule has 152 valence electrons. The van der Waals surface area contributed by atoms with Crippen molar-refractivity contribution >= 4 is 0 Å². The number of rotatable bonds is 9. The number of nitrogens with zero attached hydrogens (tertiary/aromatic N) is 3. The lowest BCUT2D eigenvalue weighted by Gasteiger charge is -2.31. The zero-order valence-electron chi connectivity index (χ0n) is 16.3. The molecule has 2 fully saturated rings. The summed E-state index contributed by atoms with van der Waals surface area (Å²) in [7, 11) is 0. The zero-order valence-corrected chi connectivity index (χ0v) is 16.3. The van der Waals surface area contributed by atoms with Crippen LogP contribution in [0.1, 0.15) is 24.1 Å². The second kappa shape index (κ2) is 9.18. The van der Waals surface area contributed by atoms with Crippen LogP contribution in [0.25, 0.3) is 0 Å². The lowest BCUT2D eigenvalue weighted by atomic mass is 10.2. The normalized spacial score (nSPS) is 19.2. The number of morpholine rings is 1. The van der Waals surface area contributed by atoms with E-state index < -0.39 is 0 Å². The molecule has 0 spiro atoms. The van der Waals surface area contributed by atoms with Crippen molar-refractivity contribution in [3.63, 3.8) is 0 Å². The Morgan fingerprint density at radius 3 is 2.68 bits per heavy atom. The quantitative estimate of drug-likeness (QED) is 0.717. The van der Waals surface area contributed by atoms with E-state index in [0.717, 1.165) is 38.5 Å². The van der Waals surface area contributed by atoms with Crippen molar-refractivity contribution in [2.24, 2.45) is 0 Å². The first-order chi connectivity index (χ1) is 13.7. The van der Waals surface area contributed by atoms with Gasteiger partial charge in [0.05, 0.1) is 25.9 Å². The molecule has 0 unspecified atom stereocenters. The van der Waals surface area contributed by atoms with Gasteiger partial charge >= 0.3 is 0 Å². The summed E-state index contributed by atoms with van der Waals surface area (Å²) < 4.78 is 21.5. The van der Waals surface area contributed by atoms with Crippen LogP contribution >= 0.6 is 0 Å². The Balaban J connectivity index is 1.37. The summed E-state index contributed by atoms with van der Waals surface area (Å²) in [5, 5.41) is 10.6. The Kier molecular flexibility index (Phi) is 6.42. The first kappa shape index (κ1) is 19.6. The van der Waals surface area contributed by atoms with Gasteiger partial charge in [-0.1, -0.05) is 18.2 Å². The van der Waals surface area contributed by atoms with Gasteiger partial charge in [-0.15, -0.1) is 0 Å². The van der Waals surface area contributed by atoms with Gasteiger partial charge in [0.1, 0.15) is 5.82 Å². The number of hydrogen-bond acceptors (Lipinski definition) is 4. The minimum absolute atomic E-state index is 0.165. The lowest BCUT2D eigenvalue weighted by Crippen LogP contribution is -2.45. The number of hydrogen-bond donors (Lipinski definition) is 1. The molecule has 1 aromatic heterocycles. The molecule has 1 saturated carbocycles. The minimum atomic E-state index is -0.367. The molecular formula is C22H30FN3O2. The molecule has 1 aliphatic heterocycles. The molecule has 0 amide bonds. The zero-order chi connectivity index (χ0) is 19.3. The Morgan fingerprint density at radius 2 is 1.93 bits per heavy atom. The molecule has 2 heterocycles. The second-order valence-electron chi connectivity index (χ2n) is 7.95. The van der Waals surface area contributed by atoms with Crippen LogP contribution in [0.3, 0.4) is 0 Å². The van der Waals surface area contributed by atoms with Gasteiger partial charge in [0, 0.05) is 56.2 Å². The van der Waals surface area contributed by atoms with Gasteiger partial charge in [0.15, 0.2) is 0 Å². The van der Waals surface area contributed by atoms with E-state index in [1.165, 1.54) is 18.9 Å². The van der Waals surface area contributed by atoms with E-state index in [4.69, 9.17) is 4.74 Å². The largest absolute Gasteiger partial charge is 0.390 e. The highest BCUT2D eigenvalue weighted by atomic mass is 19.1. The van der Waals surface area contributed by atoms with E-state index in [-0.39, 0.29) is 11.9 Å². The molecule has 2 aromatic rings. The number of ether oxygens (including phenoxy) is 1. The number of β-amino-alcohol motifs (C(OH)–C–C–N with tert-alkyl or cyclic N) is 1. The summed E-state index contributed by atoms with van der Waals surface area (Å²) in [6.45, 7) is 5.98. The molecule has 1 saturated heterocycles. The third-order valence-corrected chi connectivity index (χ3v) is 5.67. The van der Waals surface area contributed by atoms with Crippen molar-refractivity contribution in [1.82, 2.24) is 14.4 Å². The summed E-state index contributed by atoms with van der Waals surface area (Å²) in [5.41, 5.74) is 1.86. The fourth-order valence-corrected chi connectivity index (χ4v) is 3.96. The third kappa shape index (κ3) is 5.20. The van der Waals surface area contributed by atoms with Crippen LogP contribution in [-0.2, 0) is 17.8 Å². The molecule has 1 N–H and O–H groups in total. The number of aliphatic hydroxyl groups excluding tert-OH is 1. The molecule has 5 nitrogen and oxygen atoms in total. The van der Waals surface area contributed by atoms with Gasteiger partial charge in [-0.25, -0.2) is 4.39 Å². The fourth-order valence-electron chi connectivity index (χ4n) is 3.96. The highest BCUT2D eigenvalue weighted by Crippen LogP contribution is 2.29. The molecule has 1 aliphatic carbocycles. The molecule has 2 aliphatic rings. The Morgan fingerprint density at radius 1 is 1.14 bits per heavy atom. The molecule has 6 heteroatoms. The SMILES string of the molecule is O[C@H](CN1CCOCC1)CN(Cc1cccn1Cc1ccccc1F)C1CC1. The van der Waals surface area contributed by atoms with Crippen molar-refractivity contribution in [2.45, 2.75) is 38.1 Å². The molecule has 1 aromatic carbocycles. The smallest absolute Gasteiger partial charge is 0.128 e. The van der Waals surface area contributed by atoms with Crippen LogP contribution < -0.4 is 0 Å². The van der Waals surface area contributed by atoms with E-state index in [1.54, 1.807) is 6.07 Å². The van der Waals surface area contributed by atoms with Gasteiger partial charge in [0.2, 0.25) is 0 Å². The Labute approximate surface area is 166 Å². The molecule has 1 atom stereocenters. The Hall–Kier alpha value is -1.73. The number of aromatic nitrogens is 1. The fraction of sp³-hybridized carbons (Fsp3) is 0.545. The number of benzene rings is 1. The highest BCUT2D eigenvalue weighted by Gasteiger charge is 2.31. The van der Waals surface area contributed by atoms with E-state index in [0.29, 0.717) is 31.2 Å². The molecule has 0 radical (unpaired) electrons. The molecule has 28 heavy (non-hydrogen) atoms. The van der Waals surface area contributed by atoms with Crippen molar-refractivity contribution in [1.29, 1.82) is 0 Å². The monoisotopic (exact) mass is 387 g/mol. The molecule has 4 rings (SSSR count). The van der Waals surface area contributed by atoms with Crippen molar-refractivity contribution in [3.8, 4) is 0 Å². The van der Waals surface area contributed by atoms with Crippen LogP contribution in [0, 0.1) is 5.82 Å². The predicted molar refractivity (Wildman–Crippen MR) is 107 cm³/mol. The summed E-state index contributed by atoms with van der Waals surface area (Å²) >= 11 is 0. The maximum atomic E-state index is 14.0. The van der Waals surface area contributed by atoms with Crippen LogP contribution in [0.2, 0.25) is 0 Å². The number of halogens is 1. The predicted octanol–water partition coefficient (Wildman–Crippen LogP) is 2.33. The summed E-state index contributed by atoms with van der Waals surface area (Å²) in [4.78, 5) is 4.67. The Bertz CT molecular complexity index is 756. The van der Waals surface area contributed by atoms with E-state index in [1.807, 2.05) is 24.4 Å². The van der Waals surface area contributed by atoms with Crippen molar-refractivity contribution in [2.75, 3.05) is 39.4 Å². The highest BCUT2D eigenvalue weighted by molar-refractivity contribution is 5.19. The maximum absolute atomic E-state index is 14.0. The van der Waals surface area contributed by atoms with E-state index in [2.05, 4.69) is 20.4 Å². The van der Waals surface area contributed by atoms with Crippen molar-refractivity contribution in [3.05, 3.63) is 59.7 Å². The van der Waals surface area contributed by atoms with Gasteiger partial charge in [-0.2, -0.15) is 0 Å². The van der Waals surface area contributed by atoms with Crippen LogP contribution in [0.15, 0.2) is 42.6 Å². The summed E-state index contributed by atoms with van der Waals surface area (Å²) in [6, 6.07) is 11.6.